The Hall–Kier alpha value is -6.44. The lowest BCUT2D eigenvalue weighted by Crippen LogP contribution is -2.14. The Morgan fingerprint density at radius 1 is 0.365 bits per heavy atom. The molecule has 1 nitrogen and oxygen atoms in total. The predicted octanol–water partition coefficient (Wildman–Crippen LogP) is 14.4. The maximum absolute atomic E-state index is 6.59. The van der Waals surface area contributed by atoms with Crippen LogP contribution >= 0.6 is 0 Å². The van der Waals surface area contributed by atoms with Gasteiger partial charge in [0.2, 0.25) is 0 Å². The van der Waals surface area contributed by atoms with Crippen molar-refractivity contribution in [2.24, 2.45) is 0 Å². The van der Waals surface area contributed by atoms with Crippen molar-refractivity contribution in [1.82, 2.24) is 0 Å². The van der Waals surface area contributed by atoms with E-state index in [1.165, 1.54) is 93.3 Å². The van der Waals surface area contributed by atoms with E-state index >= 15 is 0 Å². The lowest BCUT2D eigenvalue weighted by atomic mass is 9.82. The highest BCUT2D eigenvalue weighted by Crippen LogP contribution is 2.53. The Kier molecular flexibility index (Phi) is 6.08. The van der Waals surface area contributed by atoms with E-state index in [1.54, 1.807) is 0 Å². The molecule has 10 aromatic rings. The van der Waals surface area contributed by atoms with Crippen LogP contribution in [-0.4, -0.2) is 0 Å². The van der Waals surface area contributed by atoms with E-state index < -0.39 is 0 Å². The molecule has 0 N–H and O–H groups in total. The van der Waals surface area contributed by atoms with Crippen molar-refractivity contribution in [3.05, 3.63) is 181 Å². The van der Waals surface area contributed by atoms with Gasteiger partial charge >= 0.3 is 0 Å². The average Bonchev–Trinajstić information content (AvgIpc) is 3.68. The van der Waals surface area contributed by atoms with Gasteiger partial charge in [-0.05, 0) is 118 Å². The summed E-state index contributed by atoms with van der Waals surface area (Å²) in [4.78, 5) is 0. The van der Waals surface area contributed by atoms with Gasteiger partial charge in [0.1, 0.15) is 11.2 Å². The zero-order chi connectivity index (χ0) is 34.6. The molecule has 0 bridgehead atoms. The van der Waals surface area contributed by atoms with Crippen molar-refractivity contribution in [3.63, 3.8) is 0 Å². The Bertz CT molecular complexity index is 3030. The van der Waals surface area contributed by atoms with E-state index in [4.69, 9.17) is 4.42 Å². The minimum atomic E-state index is -0.0778. The van der Waals surface area contributed by atoms with Gasteiger partial charge in [-0.1, -0.05) is 153 Å². The van der Waals surface area contributed by atoms with Gasteiger partial charge in [-0.2, -0.15) is 0 Å². The van der Waals surface area contributed by atoms with E-state index in [0.717, 1.165) is 16.6 Å². The summed E-state index contributed by atoms with van der Waals surface area (Å²) < 4.78 is 6.59. The van der Waals surface area contributed by atoms with E-state index in [0.29, 0.717) is 0 Å². The fourth-order valence-corrected chi connectivity index (χ4v) is 9.26. The second kappa shape index (κ2) is 10.8. The number of furan rings is 1. The zero-order valence-corrected chi connectivity index (χ0v) is 29.1. The second-order valence-electron chi connectivity index (χ2n) is 14.8. The van der Waals surface area contributed by atoms with E-state index in [-0.39, 0.29) is 5.41 Å². The Morgan fingerprint density at radius 3 is 1.73 bits per heavy atom. The fourth-order valence-electron chi connectivity index (χ4n) is 9.26. The summed E-state index contributed by atoms with van der Waals surface area (Å²) in [6.45, 7) is 4.69. The maximum atomic E-state index is 6.59. The largest absolute Gasteiger partial charge is 0.456 e. The van der Waals surface area contributed by atoms with Crippen LogP contribution in [0.25, 0.3) is 98.8 Å². The van der Waals surface area contributed by atoms with Gasteiger partial charge in [0.05, 0.1) is 0 Å². The summed E-state index contributed by atoms with van der Waals surface area (Å²) in [5.74, 6) is 0. The van der Waals surface area contributed by atoms with Gasteiger partial charge in [0.25, 0.3) is 0 Å². The highest BCUT2D eigenvalue weighted by molar-refractivity contribution is 6.25. The lowest BCUT2D eigenvalue weighted by molar-refractivity contribution is 0.656. The van der Waals surface area contributed by atoms with Crippen LogP contribution in [0.2, 0.25) is 0 Å². The van der Waals surface area contributed by atoms with E-state index in [2.05, 4.69) is 184 Å². The maximum Gasteiger partial charge on any atom is 0.136 e. The molecule has 1 aliphatic rings. The third-order valence-electron chi connectivity index (χ3n) is 11.6. The molecule has 1 aromatic heterocycles. The molecule has 0 spiro atoms. The van der Waals surface area contributed by atoms with Crippen molar-refractivity contribution in [1.29, 1.82) is 0 Å². The number of hydrogen-bond acceptors (Lipinski definition) is 1. The third kappa shape index (κ3) is 4.05. The lowest BCUT2D eigenvalue weighted by Gasteiger charge is -2.21. The zero-order valence-electron chi connectivity index (χ0n) is 29.1. The van der Waals surface area contributed by atoms with Crippen molar-refractivity contribution in [2.45, 2.75) is 19.3 Å². The van der Waals surface area contributed by atoms with Gasteiger partial charge in [0.15, 0.2) is 0 Å². The van der Waals surface area contributed by atoms with Crippen molar-refractivity contribution in [2.75, 3.05) is 0 Å². The number of rotatable bonds is 3. The molecule has 0 saturated carbocycles. The average molecular weight is 663 g/mol. The molecule has 52 heavy (non-hydrogen) atoms. The monoisotopic (exact) mass is 662 g/mol. The molecule has 244 valence electrons. The van der Waals surface area contributed by atoms with Crippen LogP contribution in [0.5, 0.6) is 0 Å². The summed E-state index contributed by atoms with van der Waals surface area (Å²) in [5, 5.41) is 9.86. The molecule has 1 aliphatic carbocycles. The molecule has 1 heteroatoms. The Morgan fingerprint density at radius 2 is 0.981 bits per heavy atom. The summed E-state index contributed by atoms with van der Waals surface area (Å²) in [7, 11) is 0. The molecule has 0 atom stereocenters. The molecule has 9 aromatic carbocycles. The highest BCUT2D eigenvalue weighted by Gasteiger charge is 2.37. The Labute approximate surface area is 302 Å². The van der Waals surface area contributed by atoms with Gasteiger partial charge < -0.3 is 4.42 Å². The van der Waals surface area contributed by atoms with Crippen LogP contribution in [0.15, 0.2) is 174 Å². The molecule has 0 amide bonds. The van der Waals surface area contributed by atoms with Gasteiger partial charge in [0, 0.05) is 16.2 Å². The molecule has 1 heterocycles. The number of fused-ring (bicyclic) bond motifs is 10. The second-order valence-corrected chi connectivity index (χ2v) is 14.8. The van der Waals surface area contributed by atoms with Crippen LogP contribution in [0, 0.1) is 0 Å². The molecule has 0 saturated heterocycles. The standard InChI is InChI=1S/C51H34O/c1-51(2)43-23-13-12-22-40(43)49-44(51)25-27-46-50(49)42-29-33(24-26-45(42)52-46)47-36-18-8-10-20-38(36)48(39-21-11-9-19-37(39)47)41-30-34(31-14-4-3-5-15-31)28-32-16-6-7-17-35(32)41/h3-30H,1-2H3. The highest BCUT2D eigenvalue weighted by atomic mass is 16.3. The Balaban J connectivity index is 1.22. The van der Waals surface area contributed by atoms with Crippen LogP contribution < -0.4 is 0 Å². The molecule has 0 unspecified atom stereocenters. The van der Waals surface area contributed by atoms with Gasteiger partial charge in [-0.25, -0.2) is 0 Å². The van der Waals surface area contributed by atoms with Crippen LogP contribution in [-0.2, 0) is 5.41 Å². The first-order valence-corrected chi connectivity index (χ1v) is 18.2. The van der Waals surface area contributed by atoms with E-state index in [1.807, 2.05) is 0 Å². The van der Waals surface area contributed by atoms with Gasteiger partial charge in [-0.15, -0.1) is 0 Å². The molecule has 11 rings (SSSR count). The first-order valence-electron chi connectivity index (χ1n) is 18.2. The molecular formula is C51H34O. The summed E-state index contributed by atoms with van der Waals surface area (Å²) in [5.41, 5.74) is 14.6. The molecule has 0 fully saturated rings. The van der Waals surface area contributed by atoms with Crippen LogP contribution in [0.1, 0.15) is 25.0 Å². The van der Waals surface area contributed by atoms with E-state index in [9.17, 15) is 0 Å². The fraction of sp³-hybridized carbons (Fsp3) is 0.0588. The quantitative estimate of drug-likeness (QED) is 0.172. The van der Waals surface area contributed by atoms with Gasteiger partial charge in [-0.3, -0.25) is 0 Å². The topological polar surface area (TPSA) is 13.1 Å². The van der Waals surface area contributed by atoms with Crippen LogP contribution in [0.4, 0.5) is 0 Å². The summed E-state index contributed by atoms with van der Waals surface area (Å²) in [6, 6.07) is 62.4. The normalized spacial score (nSPS) is 13.3. The summed E-state index contributed by atoms with van der Waals surface area (Å²) in [6.07, 6.45) is 0. The first kappa shape index (κ1) is 29.3. The summed E-state index contributed by atoms with van der Waals surface area (Å²) >= 11 is 0. The van der Waals surface area contributed by atoms with Crippen molar-refractivity contribution < 1.29 is 4.42 Å². The smallest absolute Gasteiger partial charge is 0.136 e. The number of benzene rings is 9. The number of hydrogen-bond donors (Lipinski definition) is 0. The molecule has 0 aliphatic heterocycles. The third-order valence-corrected chi connectivity index (χ3v) is 11.6. The SMILES string of the molecule is CC1(C)c2ccccc2-c2c1ccc1oc3ccc(-c4c5ccccc5c(-c5cc(-c6ccccc6)cc6ccccc56)c5ccccc45)cc3c21. The van der Waals surface area contributed by atoms with Crippen LogP contribution in [0.3, 0.4) is 0 Å². The predicted molar refractivity (Wildman–Crippen MR) is 220 cm³/mol. The minimum absolute atomic E-state index is 0.0778. The first-order chi connectivity index (χ1) is 25.6. The minimum Gasteiger partial charge on any atom is -0.456 e. The molecule has 0 radical (unpaired) electrons. The van der Waals surface area contributed by atoms with Crippen molar-refractivity contribution >= 4 is 54.3 Å². The van der Waals surface area contributed by atoms with Crippen molar-refractivity contribution in [3.8, 4) is 44.5 Å². The molecular weight excluding hydrogens is 629 g/mol.